The van der Waals surface area contributed by atoms with E-state index in [0.29, 0.717) is 35.9 Å². The molecule has 3 aromatic rings. The average molecular weight is 418 g/mol. The van der Waals surface area contributed by atoms with E-state index in [1.165, 1.54) is 34.8 Å². The van der Waals surface area contributed by atoms with Gasteiger partial charge in [0, 0.05) is 29.1 Å². The van der Waals surface area contributed by atoms with Crippen LogP contribution >= 0.6 is 22.7 Å². The number of carbonyl (C=O) groups is 2. The second-order valence-corrected chi connectivity index (χ2v) is 8.96. The van der Waals surface area contributed by atoms with E-state index in [0.717, 1.165) is 21.3 Å². The molecule has 1 aliphatic rings. The Labute approximate surface area is 170 Å². The number of rotatable bonds is 3. The zero-order valence-electron chi connectivity index (χ0n) is 15.6. The second kappa shape index (κ2) is 7.60. The van der Waals surface area contributed by atoms with Crippen LogP contribution in [0.1, 0.15) is 33.8 Å². The molecule has 0 unspecified atom stereocenters. The highest BCUT2D eigenvalue weighted by molar-refractivity contribution is 7.21. The number of fused-ring (bicyclic) bond motifs is 1. The van der Waals surface area contributed by atoms with Crippen molar-refractivity contribution in [1.82, 2.24) is 9.88 Å². The van der Waals surface area contributed by atoms with Crippen molar-refractivity contribution in [3.05, 3.63) is 45.5 Å². The third-order valence-corrected chi connectivity index (χ3v) is 7.23. The summed E-state index contributed by atoms with van der Waals surface area (Å²) in [5.74, 6) is -0.482. The highest BCUT2D eigenvalue weighted by atomic mass is 32.1. The Kier molecular flexibility index (Phi) is 5.16. The highest BCUT2D eigenvalue weighted by Gasteiger charge is 2.29. The fourth-order valence-corrected chi connectivity index (χ4v) is 5.35. The van der Waals surface area contributed by atoms with Gasteiger partial charge >= 0.3 is 0 Å². The predicted molar refractivity (Wildman–Crippen MR) is 111 cm³/mol. The minimum atomic E-state index is -0.297. The largest absolute Gasteiger partial charge is 0.338 e. The molecule has 0 spiro atoms. The van der Waals surface area contributed by atoms with Gasteiger partial charge in [-0.15, -0.1) is 22.7 Å². The molecule has 5 nitrogen and oxygen atoms in total. The molecule has 4 rings (SSSR count). The molecule has 0 bridgehead atoms. The van der Waals surface area contributed by atoms with Crippen LogP contribution in [-0.4, -0.2) is 34.8 Å². The Balaban J connectivity index is 1.41. The smallest absolute Gasteiger partial charge is 0.264 e. The van der Waals surface area contributed by atoms with Crippen molar-refractivity contribution in [2.45, 2.75) is 26.7 Å². The van der Waals surface area contributed by atoms with Gasteiger partial charge in [-0.25, -0.2) is 9.37 Å². The third-order valence-electron chi connectivity index (χ3n) is 5.09. The number of thiophene rings is 1. The number of hydrogen-bond acceptors (Lipinski definition) is 5. The summed E-state index contributed by atoms with van der Waals surface area (Å²) in [7, 11) is 0. The number of likely N-dealkylation sites (tertiary alicyclic amines) is 1. The third kappa shape index (κ3) is 3.66. The minimum Gasteiger partial charge on any atom is -0.338 e. The summed E-state index contributed by atoms with van der Waals surface area (Å²) in [5, 5.41) is 6.18. The topological polar surface area (TPSA) is 62.3 Å². The lowest BCUT2D eigenvalue weighted by atomic mass is 9.95. The van der Waals surface area contributed by atoms with Gasteiger partial charge < -0.3 is 10.2 Å². The molecule has 1 aliphatic heterocycles. The molecule has 146 valence electrons. The van der Waals surface area contributed by atoms with Crippen LogP contribution in [0.4, 0.5) is 9.52 Å². The zero-order valence-corrected chi connectivity index (χ0v) is 17.3. The van der Waals surface area contributed by atoms with Gasteiger partial charge in [0.2, 0.25) is 5.91 Å². The molecule has 1 fully saturated rings. The number of piperidine rings is 1. The van der Waals surface area contributed by atoms with Crippen LogP contribution in [0, 0.1) is 25.6 Å². The van der Waals surface area contributed by atoms with E-state index in [9.17, 15) is 14.0 Å². The van der Waals surface area contributed by atoms with Gasteiger partial charge in [-0.3, -0.25) is 9.59 Å². The lowest BCUT2D eigenvalue weighted by Gasteiger charge is -2.31. The molecular weight excluding hydrogens is 397 g/mol. The number of thiazole rings is 1. The number of aromatic nitrogens is 1. The summed E-state index contributed by atoms with van der Waals surface area (Å²) in [6.45, 7) is 4.83. The molecule has 28 heavy (non-hydrogen) atoms. The minimum absolute atomic E-state index is 0.0324. The van der Waals surface area contributed by atoms with Gasteiger partial charge in [0.1, 0.15) is 5.82 Å². The van der Waals surface area contributed by atoms with Crippen LogP contribution < -0.4 is 5.32 Å². The maximum Gasteiger partial charge on any atom is 0.264 e. The van der Waals surface area contributed by atoms with Crippen LogP contribution in [0.3, 0.4) is 0 Å². The number of amides is 2. The first-order valence-corrected chi connectivity index (χ1v) is 10.8. The molecule has 1 aromatic carbocycles. The first-order valence-electron chi connectivity index (χ1n) is 9.13. The monoisotopic (exact) mass is 417 g/mol. The molecule has 0 aliphatic carbocycles. The Morgan fingerprint density at radius 2 is 2.00 bits per heavy atom. The van der Waals surface area contributed by atoms with Crippen molar-refractivity contribution in [2.24, 2.45) is 5.92 Å². The number of hydrogen-bond donors (Lipinski definition) is 1. The van der Waals surface area contributed by atoms with Gasteiger partial charge in [0.05, 0.1) is 10.6 Å². The van der Waals surface area contributed by atoms with Crippen LogP contribution in [0.5, 0.6) is 0 Å². The van der Waals surface area contributed by atoms with Crippen LogP contribution in [-0.2, 0) is 4.79 Å². The highest BCUT2D eigenvalue weighted by Crippen LogP contribution is 2.33. The summed E-state index contributed by atoms with van der Waals surface area (Å²) in [4.78, 5) is 32.1. The summed E-state index contributed by atoms with van der Waals surface area (Å²) in [5.41, 5.74) is 1.71. The van der Waals surface area contributed by atoms with Gasteiger partial charge in [-0.2, -0.15) is 0 Å². The molecular formula is C20H20FN3O2S2. The van der Waals surface area contributed by atoms with Gasteiger partial charge in [0.15, 0.2) is 5.13 Å². The Hall–Kier alpha value is -2.32. The van der Waals surface area contributed by atoms with Crippen molar-refractivity contribution < 1.29 is 14.0 Å². The maximum absolute atomic E-state index is 13.5. The lowest BCUT2D eigenvalue weighted by Crippen LogP contribution is -2.41. The molecule has 0 atom stereocenters. The van der Waals surface area contributed by atoms with E-state index >= 15 is 0 Å². The van der Waals surface area contributed by atoms with Crippen molar-refractivity contribution in [3.63, 3.8) is 0 Å². The van der Waals surface area contributed by atoms with Crippen LogP contribution in [0.2, 0.25) is 0 Å². The van der Waals surface area contributed by atoms with Crippen molar-refractivity contribution >= 4 is 49.7 Å². The van der Waals surface area contributed by atoms with Crippen molar-refractivity contribution in [3.8, 4) is 0 Å². The fraction of sp³-hybridized carbons (Fsp3) is 0.350. The Morgan fingerprint density at radius 3 is 2.68 bits per heavy atom. The number of carbonyl (C=O) groups excluding carboxylic acids is 2. The first kappa shape index (κ1) is 19.0. The average Bonchev–Trinajstić information content (AvgIpc) is 3.24. The van der Waals surface area contributed by atoms with Crippen LogP contribution in [0.25, 0.3) is 10.1 Å². The number of nitrogens with zero attached hydrogens (tertiary/aromatic N) is 2. The van der Waals surface area contributed by atoms with Crippen molar-refractivity contribution in [2.75, 3.05) is 18.4 Å². The number of halogens is 1. The molecule has 1 saturated heterocycles. The maximum atomic E-state index is 13.5. The second-order valence-electron chi connectivity index (χ2n) is 7.05. The number of benzene rings is 1. The quantitative estimate of drug-likeness (QED) is 0.677. The molecule has 1 N–H and O–H groups in total. The fourth-order valence-electron chi connectivity index (χ4n) is 3.50. The van der Waals surface area contributed by atoms with E-state index in [4.69, 9.17) is 0 Å². The first-order chi connectivity index (χ1) is 13.4. The predicted octanol–water partition coefficient (Wildman–Crippen LogP) is 4.60. The molecule has 2 amide bonds. The summed E-state index contributed by atoms with van der Waals surface area (Å²) in [6.07, 6.45) is 1.25. The zero-order chi connectivity index (χ0) is 19.8. The van der Waals surface area contributed by atoms with E-state index < -0.39 is 0 Å². The van der Waals surface area contributed by atoms with E-state index in [1.54, 1.807) is 11.0 Å². The van der Waals surface area contributed by atoms with Gasteiger partial charge in [-0.05, 0) is 55.8 Å². The Bertz CT molecular complexity index is 1050. The SMILES string of the molecule is Cc1csc(NC(=O)C2CCN(C(=O)c3sc4ccc(F)cc4c3C)CC2)n1. The van der Waals surface area contributed by atoms with E-state index in [1.807, 2.05) is 19.2 Å². The molecule has 2 aromatic heterocycles. The van der Waals surface area contributed by atoms with Gasteiger partial charge in [0.25, 0.3) is 5.91 Å². The number of aryl methyl sites for hydroxylation is 2. The van der Waals surface area contributed by atoms with Crippen molar-refractivity contribution in [1.29, 1.82) is 0 Å². The normalized spacial score (nSPS) is 15.2. The number of anilines is 1. The Morgan fingerprint density at radius 1 is 1.25 bits per heavy atom. The lowest BCUT2D eigenvalue weighted by molar-refractivity contribution is -0.121. The van der Waals surface area contributed by atoms with E-state index in [2.05, 4.69) is 10.3 Å². The molecule has 3 heterocycles. The summed E-state index contributed by atoms with van der Waals surface area (Å²) < 4.78 is 14.4. The van der Waals surface area contributed by atoms with E-state index in [-0.39, 0.29) is 23.5 Å². The standard InChI is InChI=1S/C20H20FN3O2S2/c1-11-10-27-20(22-11)23-18(25)13-5-7-24(8-6-13)19(26)17-12(2)15-9-14(21)3-4-16(15)28-17/h3-4,9-10,13H,5-8H2,1-2H3,(H,22,23,25). The van der Waals surface area contributed by atoms with Crippen LogP contribution in [0.15, 0.2) is 23.6 Å². The summed E-state index contributed by atoms with van der Waals surface area (Å²) >= 11 is 2.82. The molecule has 0 saturated carbocycles. The molecule has 0 radical (unpaired) electrons. The van der Waals surface area contributed by atoms with Gasteiger partial charge in [-0.1, -0.05) is 0 Å². The summed E-state index contributed by atoms with van der Waals surface area (Å²) in [6, 6.07) is 4.62. The number of nitrogens with one attached hydrogen (secondary N) is 1. The molecule has 8 heteroatoms.